The largest absolute Gasteiger partial charge is 0.493 e. The number of nitrogens with zero attached hydrogens (tertiary/aromatic N) is 1. The van der Waals surface area contributed by atoms with Crippen LogP contribution in [-0.4, -0.2) is 44.9 Å². The first-order valence-electron chi connectivity index (χ1n) is 11.1. The fourth-order valence-electron chi connectivity index (χ4n) is 3.56. The second kappa shape index (κ2) is 10.8. The molecule has 1 aliphatic rings. The molecule has 0 aliphatic carbocycles. The molecule has 8 heteroatoms. The molecule has 3 rings (SSSR count). The lowest BCUT2D eigenvalue weighted by Crippen LogP contribution is -2.28. The lowest BCUT2D eigenvalue weighted by Gasteiger charge is -2.19. The molecule has 1 N–H and O–H groups in total. The van der Waals surface area contributed by atoms with Gasteiger partial charge in [-0.05, 0) is 61.6 Å². The second-order valence-electron chi connectivity index (χ2n) is 8.08. The highest BCUT2D eigenvalue weighted by Gasteiger charge is 2.30. The second-order valence-corrected chi connectivity index (χ2v) is 9.98. The SMILES string of the molecule is CCOc1ccc(NC(=O)CCOc2ccc(C(C)C)cc2)cc1S(=O)(=O)N1CCCC1. The molecule has 1 fully saturated rings. The standard InChI is InChI=1S/C24H32N2O5S/c1-4-30-22-12-9-20(17-23(22)32(28,29)26-14-5-6-15-26)25-24(27)13-16-31-21-10-7-19(8-11-21)18(2)3/h7-12,17-18H,4-6,13-16H2,1-3H3,(H,25,27). The Morgan fingerprint density at radius 1 is 1.06 bits per heavy atom. The Bertz CT molecular complexity index is 1010. The van der Waals surface area contributed by atoms with Crippen molar-refractivity contribution in [2.45, 2.75) is 50.8 Å². The summed E-state index contributed by atoms with van der Waals surface area (Å²) in [5.74, 6) is 1.20. The molecule has 0 aromatic heterocycles. The number of carbonyl (C=O) groups is 1. The first kappa shape index (κ1) is 24.1. The zero-order chi connectivity index (χ0) is 23.1. The monoisotopic (exact) mass is 460 g/mol. The van der Waals surface area contributed by atoms with Gasteiger partial charge in [-0.15, -0.1) is 0 Å². The molecule has 0 spiro atoms. The molecule has 0 radical (unpaired) electrons. The highest BCUT2D eigenvalue weighted by Crippen LogP contribution is 2.31. The van der Waals surface area contributed by atoms with Gasteiger partial charge in [-0.25, -0.2) is 8.42 Å². The van der Waals surface area contributed by atoms with E-state index in [2.05, 4.69) is 19.2 Å². The van der Waals surface area contributed by atoms with Gasteiger partial charge < -0.3 is 14.8 Å². The van der Waals surface area contributed by atoms with Crippen molar-refractivity contribution < 1.29 is 22.7 Å². The summed E-state index contributed by atoms with van der Waals surface area (Å²) >= 11 is 0. The minimum absolute atomic E-state index is 0.0838. The van der Waals surface area contributed by atoms with Crippen LogP contribution in [0, 0.1) is 0 Å². The molecule has 0 bridgehead atoms. The van der Waals surface area contributed by atoms with Crippen molar-refractivity contribution in [3.63, 3.8) is 0 Å². The number of rotatable bonds is 10. The number of sulfonamides is 1. The molecule has 7 nitrogen and oxygen atoms in total. The Morgan fingerprint density at radius 3 is 2.38 bits per heavy atom. The third-order valence-corrected chi connectivity index (χ3v) is 7.27. The Balaban J connectivity index is 1.63. The third kappa shape index (κ3) is 6.01. The summed E-state index contributed by atoms with van der Waals surface area (Å²) in [4.78, 5) is 12.5. The fraction of sp³-hybridized carbons (Fsp3) is 0.458. The van der Waals surface area contributed by atoms with Crippen LogP contribution in [0.3, 0.4) is 0 Å². The fourth-order valence-corrected chi connectivity index (χ4v) is 5.24. The van der Waals surface area contributed by atoms with E-state index in [0.29, 0.717) is 42.8 Å². The number of hydrogen-bond donors (Lipinski definition) is 1. The van der Waals surface area contributed by atoms with Crippen LogP contribution in [-0.2, 0) is 14.8 Å². The van der Waals surface area contributed by atoms with Gasteiger partial charge >= 0.3 is 0 Å². The summed E-state index contributed by atoms with van der Waals surface area (Å²) in [6.07, 6.45) is 1.84. The molecule has 0 unspecified atom stereocenters. The normalized spacial score (nSPS) is 14.5. The molecule has 2 aromatic rings. The lowest BCUT2D eigenvalue weighted by molar-refractivity contribution is -0.116. The van der Waals surface area contributed by atoms with Crippen molar-refractivity contribution in [1.82, 2.24) is 4.31 Å². The number of ether oxygens (including phenoxy) is 2. The van der Waals surface area contributed by atoms with Crippen LogP contribution in [0.25, 0.3) is 0 Å². The summed E-state index contributed by atoms with van der Waals surface area (Å²) in [6, 6.07) is 12.5. The Labute approximate surface area is 190 Å². The highest BCUT2D eigenvalue weighted by molar-refractivity contribution is 7.89. The first-order valence-corrected chi connectivity index (χ1v) is 12.5. The Hall–Kier alpha value is -2.58. The molecule has 32 heavy (non-hydrogen) atoms. The summed E-state index contributed by atoms with van der Waals surface area (Å²) in [5.41, 5.74) is 1.64. The van der Waals surface area contributed by atoms with Gasteiger partial charge in [0.05, 0.1) is 19.6 Å². The molecule has 1 amide bonds. The van der Waals surface area contributed by atoms with Crippen molar-refractivity contribution in [2.24, 2.45) is 0 Å². The number of amides is 1. The van der Waals surface area contributed by atoms with Gasteiger partial charge in [-0.3, -0.25) is 4.79 Å². The quantitative estimate of drug-likeness (QED) is 0.568. The molecular weight excluding hydrogens is 428 g/mol. The molecule has 174 valence electrons. The average Bonchev–Trinajstić information content (AvgIpc) is 3.31. The van der Waals surface area contributed by atoms with Gasteiger partial charge in [0.1, 0.15) is 16.4 Å². The molecular formula is C24H32N2O5S. The van der Waals surface area contributed by atoms with E-state index >= 15 is 0 Å². The minimum atomic E-state index is -3.68. The third-order valence-electron chi connectivity index (χ3n) is 5.35. The topological polar surface area (TPSA) is 84.9 Å². The molecule has 0 saturated carbocycles. The zero-order valence-corrected chi connectivity index (χ0v) is 19.8. The number of benzene rings is 2. The number of nitrogens with one attached hydrogen (secondary N) is 1. The summed E-state index contributed by atoms with van der Waals surface area (Å²) in [7, 11) is -3.68. The number of carbonyl (C=O) groups excluding carboxylic acids is 1. The highest BCUT2D eigenvalue weighted by atomic mass is 32.2. The van der Waals surface area contributed by atoms with E-state index in [1.807, 2.05) is 24.3 Å². The molecule has 1 heterocycles. The van der Waals surface area contributed by atoms with Gasteiger partial charge in [0.2, 0.25) is 15.9 Å². The maximum absolute atomic E-state index is 13.1. The van der Waals surface area contributed by atoms with Crippen LogP contribution in [0.15, 0.2) is 47.4 Å². The van der Waals surface area contributed by atoms with E-state index in [4.69, 9.17) is 9.47 Å². The maximum Gasteiger partial charge on any atom is 0.246 e. The summed E-state index contributed by atoms with van der Waals surface area (Å²) in [6.45, 7) is 7.64. The van der Waals surface area contributed by atoms with Crippen LogP contribution in [0.5, 0.6) is 11.5 Å². The van der Waals surface area contributed by atoms with E-state index in [9.17, 15) is 13.2 Å². The van der Waals surface area contributed by atoms with Gasteiger partial charge in [-0.2, -0.15) is 4.31 Å². The first-order chi connectivity index (χ1) is 15.3. The van der Waals surface area contributed by atoms with Crippen molar-refractivity contribution in [2.75, 3.05) is 31.6 Å². The summed E-state index contributed by atoms with van der Waals surface area (Å²) in [5, 5.41) is 2.77. The molecule has 1 aliphatic heterocycles. The average molecular weight is 461 g/mol. The van der Waals surface area contributed by atoms with Crippen LogP contribution in [0.1, 0.15) is 51.5 Å². The van der Waals surface area contributed by atoms with E-state index in [-0.39, 0.29) is 23.8 Å². The van der Waals surface area contributed by atoms with Gasteiger partial charge in [0, 0.05) is 18.8 Å². The van der Waals surface area contributed by atoms with Crippen LogP contribution >= 0.6 is 0 Å². The van der Waals surface area contributed by atoms with Crippen molar-refractivity contribution in [3.8, 4) is 11.5 Å². The lowest BCUT2D eigenvalue weighted by atomic mass is 10.0. The smallest absolute Gasteiger partial charge is 0.246 e. The minimum Gasteiger partial charge on any atom is -0.493 e. The van der Waals surface area contributed by atoms with Gasteiger partial charge in [-0.1, -0.05) is 26.0 Å². The summed E-state index contributed by atoms with van der Waals surface area (Å²) < 4.78 is 38.8. The molecule has 2 aromatic carbocycles. The molecule has 0 atom stereocenters. The van der Waals surface area contributed by atoms with E-state index in [0.717, 1.165) is 12.8 Å². The predicted octanol–water partition coefficient (Wildman–Crippen LogP) is 4.40. The number of hydrogen-bond acceptors (Lipinski definition) is 5. The van der Waals surface area contributed by atoms with Crippen LogP contribution in [0.2, 0.25) is 0 Å². The Morgan fingerprint density at radius 2 is 1.75 bits per heavy atom. The van der Waals surface area contributed by atoms with Crippen molar-refractivity contribution in [3.05, 3.63) is 48.0 Å². The van der Waals surface area contributed by atoms with Crippen molar-refractivity contribution >= 4 is 21.6 Å². The zero-order valence-electron chi connectivity index (χ0n) is 19.0. The van der Waals surface area contributed by atoms with E-state index in [1.54, 1.807) is 19.1 Å². The van der Waals surface area contributed by atoms with E-state index < -0.39 is 10.0 Å². The van der Waals surface area contributed by atoms with Crippen molar-refractivity contribution in [1.29, 1.82) is 0 Å². The predicted molar refractivity (Wildman–Crippen MR) is 125 cm³/mol. The number of anilines is 1. The molecule has 1 saturated heterocycles. The van der Waals surface area contributed by atoms with Gasteiger partial charge in [0.15, 0.2) is 0 Å². The van der Waals surface area contributed by atoms with Crippen LogP contribution in [0.4, 0.5) is 5.69 Å². The maximum atomic E-state index is 13.1. The van der Waals surface area contributed by atoms with E-state index in [1.165, 1.54) is 15.9 Å². The van der Waals surface area contributed by atoms with Gasteiger partial charge in [0.25, 0.3) is 0 Å². The van der Waals surface area contributed by atoms with Crippen LogP contribution < -0.4 is 14.8 Å². The Kier molecular flexibility index (Phi) is 8.15.